The minimum Gasteiger partial charge on any atom is -0.462 e. The summed E-state index contributed by atoms with van der Waals surface area (Å²) in [4.78, 5) is 50.6. The lowest BCUT2D eigenvalue weighted by Crippen LogP contribution is -2.28. The number of nitrogens with one attached hydrogen (secondary N) is 1. The van der Waals surface area contributed by atoms with Crippen LogP contribution in [0.1, 0.15) is 42.1 Å². The average molecular weight is 487 g/mol. The molecule has 2 amide bonds. The van der Waals surface area contributed by atoms with Gasteiger partial charge in [0.25, 0.3) is 5.91 Å². The molecule has 1 atom stereocenters. The summed E-state index contributed by atoms with van der Waals surface area (Å²) in [6, 6.07) is 11.6. The third-order valence-corrected chi connectivity index (χ3v) is 5.90. The molecule has 180 valence electrons. The van der Waals surface area contributed by atoms with Gasteiger partial charge in [0, 0.05) is 29.4 Å². The Morgan fingerprint density at radius 2 is 1.85 bits per heavy atom. The Labute approximate surface area is 203 Å². The molecule has 1 heterocycles. The summed E-state index contributed by atoms with van der Waals surface area (Å²) in [6.07, 6.45) is 1.71. The minimum atomic E-state index is -0.688. The van der Waals surface area contributed by atoms with Crippen molar-refractivity contribution in [2.45, 2.75) is 33.1 Å². The lowest BCUT2D eigenvalue weighted by Gasteiger charge is -2.17. The quantitative estimate of drug-likeness (QED) is 0.422. The number of esters is 2. The van der Waals surface area contributed by atoms with E-state index in [4.69, 9.17) is 21.1 Å². The van der Waals surface area contributed by atoms with Crippen molar-refractivity contribution in [3.63, 3.8) is 0 Å². The van der Waals surface area contributed by atoms with Gasteiger partial charge >= 0.3 is 11.9 Å². The first kappa shape index (κ1) is 25.2. The predicted molar refractivity (Wildman–Crippen MR) is 128 cm³/mol. The number of hydrogen-bond acceptors (Lipinski definition) is 6. The molecule has 1 aliphatic heterocycles. The maximum Gasteiger partial charge on any atom is 0.338 e. The van der Waals surface area contributed by atoms with E-state index in [1.165, 1.54) is 4.90 Å². The van der Waals surface area contributed by atoms with Gasteiger partial charge in [-0.1, -0.05) is 31.0 Å². The Morgan fingerprint density at radius 3 is 2.56 bits per heavy atom. The van der Waals surface area contributed by atoms with E-state index in [1.807, 2.05) is 6.92 Å². The van der Waals surface area contributed by atoms with Gasteiger partial charge in [0.1, 0.15) is 0 Å². The topological polar surface area (TPSA) is 102 Å². The molecule has 9 heteroatoms. The van der Waals surface area contributed by atoms with Crippen LogP contribution < -0.4 is 10.2 Å². The summed E-state index contributed by atoms with van der Waals surface area (Å²) in [7, 11) is 0. The Bertz CT molecular complexity index is 1070. The second kappa shape index (κ2) is 11.7. The van der Waals surface area contributed by atoms with Crippen molar-refractivity contribution in [2.75, 3.05) is 30.0 Å². The highest BCUT2D eigenvalue weighted by Gasteiger charge is 2.36. The Morgan fingerprint density at radius 1 is 1.12 bits per heavy atom. The molecule has 0 unspecified atom stereocenters. The Kier molecular flexibility index (Phi) is 8.65. The lowest BCUT2D eigenvalue weighted by molar-refractivity contribution is -0.151. The monoisotopic (exact) mass is 486 g/mol. The molecule has 0 saturated carbocycles. The number of carbonyl (C=O) groups is 4. The first-order chi connectivity index (χ1) is 16.3. The summed E-state index contributed by atoms with van der Waals surface area (Å²) in [5, 5.41) is 3.17. The number of unbranched alkanes of at least 4 members (excludes halogenated alkanes) is 1. The van der Waals surface area contributed by atoms with E-state index < -0.39 is 30.4 Å². The fraction of sp³-hybridized carbons (Fsp3) is 0.360. The van der Waals surface area contributed by atoms with Crippen LogP contribution in [0.4, 0.5) is 11.4 Å². The van der Waals surface area contributed by atoms with E-state index in [0.717, 1.165) is 12.8 Å². The summed E-state index contributed by atoms with van der Waals surface area (Å²) in [5.74, 6) is -2.46. The van der Waals surface area contributed by atoms with E-state index >= 15 is 0 Å². The second-order valence-electron chi connectivity index (χ2n) is 8.01. The number of carbonyl (C=O) groups excluding carboxylic acids is 4. The van der Waals surface area contributed by atoms with Crippen molar-refractivity contribution < 1.29 is 28.7 Å². The number of nitrogens with zero attached hydrogens (tertiary/aromatic N) is 1. The molecule has 3 rings (SSSR count). The van der Waals surface area contributed by atoms with Crippen molar-refractivity contribution in [2.24, 2.45) is 5.92 Å². The third-order valence-electron chi connectivity index (χ3n) is 5.49. The maximum absolute atomic E-state index is 12.5. The molecule has 0 spiro atoms. The van der Waals surface area contributed by atoms with Crippen molar-refractivity contribution in [1.29, 1.82) is 0 Å². The van der Waals surface area contributed by atoms with Gasteiger partial charge in [-0.05, 0) is 55.3 Å². The van der Waals surface area contributed by atoms with Gasteiger partial charge in [-0.15, -0.1) is 0 Å². The molecule has 8 nitrogen and oxygen atoms in total. The molecular weight excluding hydrogens is 460 g/mol. The fourth-order valence-corrected chi connectivity index (χ4v) is 3.64. The van der Waals surface area contributed by atoms with Crippen LogP contribution in [-0.2, 0) is 23.9 Å². The zero-order valence-corrected chi connectivity index (χ0v) is 19.9. The van der Waals surface area contributed by atoms with Gasteiger partial charge in [-0.25, -0.2) is 4.79 Å². The normalized spacial score (nSPS) is 15.2. The largest absolute Gasteiger partial charge is 0.462 e. The molecular formula is C25H27ClN2O6. The Balaban J connectivity index is 1.51. The molecule has 1 N–H and O–H groups in total. The van der Waals surface area contributed by atoms with Crippen molar-refractivity contribution in [3.8, 4) is 0 Å². The number of rotatable bonds is 9. The number of ether oxygens (including phenoxy) is 2. The predicted octanol–water partition coefficient (Wildman–Crippen LogP) is 4.14. The average Bonchev–Trinajstić information content (AvgIpc) is 3.22. The van der Waals surface area contributed by atoms with Crippen LogP contribution in [0.3, 0.4) is 0 Å². The zero-order chi connectivity index (χ0) is 24.7. The highest BCUT2D eigenvalue weighted by atomic mass is 35.5. The van der Waals surface area contributed by atoms with E-state index in [2.05, 4.69) is 5.32 Å². The summed E-state index contributed by atoms with van der Waals surface area (Å²) in [6.45, 7) is 3.81. The first-order valence-corrected chi connectivity index (χ1v) is 11.5. The van der Waals surface area contributed by atoms with Crippen LogP contribution in [0.15, 0.2) is 42.5 Å². The molecule has 1 saturated heterocycles. The van der Waals surface area contributed by atoms with Crippen LogP contribution >= 0.6 is 11.6 Å². The maximum atomic E-state index is 12.5. The van der Waals surface area contributed by atoms with Crippen LogP contribution in [0.5, 0.6) is 0 Å². The van der Waals surface area contributed by atoms with Crippen LogP contribution in [0.2, 0.25) is 5.02 Å². The van der Waals surface area contributed by atoms with Gasteiger partial charge in [-0.3, -0.25) is 14.4 Å². The molecule has 0 bridgehead atoms. The molecule has 0 aromatic heterocycles. The molecule has 0 aliphatic carbocycles. The number of anilines is 2. The molecule has 2 aromatic carbocycles. The number of hydrogen-bond donors (Lipinski definition) is 1. The highest BCUT2D eigenvalue weighted by Crippen LogP contribution is 2.27. The molecule has 2 aromatic rings. The highest BCUT2D eigenvalue weighted by molar-refractivity contribution is 6.31. The van der Waals surface area contributed by atoms with Gasteiger partial charge in [0.15, 0.2) is 6.61 Å². The van der Waals surface area contributed by atoms with Gasteiger partial charge in [0.2, 0.25) is 5.91 Å². The second-order valence-corrected chi connectivity index (χ2v) is 8.42. The van der Waals surface area contributed by atoms with E-state index in [-0.39, 0.29) is 18.9 Å². The van der Waals surface area contributed by atoms with Gasteiger partial charge in [0.05, 0.1) is 18.1 Å². The smallest absolute Gasteiger partial charge is 0.338 e. The first-order valence-electron chi connectivity index (χ1n) is 11.1. The van der Waals surface area contributed by atoms with Crippen molar-refractivity contribution in [3.05, 3.63) is 58.6 Å². The number of halogens is 1. The molecule has 1 fully saturated rings. The SMILES string of the molecule is CCCCOC(=O)c1ccc(N2C[C@@H](C(=O)OCC(=O)Nc3cccc(Cl)c3C)CC2=O)cc1. The standard InChI is InChI=1S/C25H27ClN2O6/c1-3-4-12-33-24(31)17-8-10-19(11-9-17)28-14-18(13-23(28)30)25(32)34-15-22(29)27-21-7-5-6-20(26)16(21)2/h5-11,18H,3-4,12-15H2,1-2H3,(H,27,29)/t18-/m0/s1. The fourth-order valence-electron chi connectivity index (χ4n) is 3.47. The number of amides is 2. The van der Waals surface area contributed by atoms with E-state index in [1.54, 1.807) is 49.4 Å². The van der Waals surface area contributed by atoms with E-state index in [0.29, 0.717) is 34.1 Å². The lowest BCUT2D eigenvalue weighted by atomic mass is 10.1. The van der Waals surface area contributed by atoms with Gasteiger partial charge < -0.3 is 19.7 Å². The summed E-state index contributed by atoms with van der Waals surface area (Å²) >= 11 is 6.04. The third kappa shape index (κ3) is 6.35. The molecule has 34 heavy (non-hydrogen) atoms. The van der Waals surface area contributed by atoms with Crippen molar-refractivity contribution in [1.82, 2.24) is 0 Å². The summed E-state index contributed by atoms with van der Waals surface area (Å²) in [5.41, 5.74) is 2.21. The van der Waals surface area contributed by atoms with Crippen molar-refractivity contribution >= 4 is 46.7 Å². The molecule has 0 radical (unpaired) electrons. The molecule has 1 aliphatic rings. The van der Waals surface area contributed by atoms with Gasteiger partial charge in [-0.2, -0.15) is 0 Å². The van der Waals surface area contributed by atoms with Crippen LogP contribution in [0.25, 0.3) is 0 Å². The van der Waals surface area contributed by atoms with Crippen LogP contribution in [0, 0.1) is 12.8 Å². The Hall–Kier alpha value is -3.39. The summed E-state index contributed by atoms with van der Waals surface area (Å²) < 4.78 is 10.3. The van der Waals surface area contributed by atoms with Crippen LogP contribution in [-0.4, -0.2) is 43.5 Å². The van der Waals surface area contributed by atoms with E-state index in [9.17, 15) is 19.2 Å². The zero-order valence-electron chi connectivity index (χ0n) is 19.1. The minimum absolute atomic E-state index is 0.0192. The number of benzene rings is 2.